The predicted octanol–water partition coefficient (Wildman–Crippen LogP) is 4.14. The van der Waals surface area contributed by atoms with Gasteiger partial charge in [0.05, 0.1) is 62.9 Å². The zero-order valence-electron chi connectivity index (χ0n) is 67.8. The Balaban J connectivity index is 0.000000277. The number of morpholine rings is 3. The molecule has 32 nitrogen and oxygen atoms in total. The Morgan fingerprint density at radius 1 is 0.368 bits per heavy atom. The molecule has 0 atom stereocenters. The quantitative estimate of drug-likeness (QED) is 0.0460. The van der Waals surface area contributed by atoms with Gasteiger partial charge in [-0.1, -0.05) is 6.07 Å². The third kappa shape index (κ3) is 40.7. The second kappa shape index (κ2) is 55.1. The van der Waals surface area contributed by atoms with E-state index in [4.69, 9.17) is 25.1 Å². The zero-order valence-corrected chi connectivity index (χ0v) is 67.8. The molecule has 114 heavy (non-hydrogen) atoms. The predicted molar refractivity (Wildman–Crippen MR) is 436 cm³/mol. The summed E-state index contributed by atoms with van der Waals surface area (Å²) in [5.41, 5.74) is 17.1. The molecule has 3 fully saturated rings. The Kier molecular flexibility index (Phi) is 46.0. The van der Waals surface area contributed by atoms with E-state index in [-0.39, 0.29) is 54.5 Å². The van der Waals surface area contributed by atoms with Gasteiger partial charge in [-0.3, -0.25) is 92.9 Å². The summed E-state index contributed by atoms with van der Waals surface area (Å²) in [5.74, 6) is -1.31. The highest BCUT2D eigenvalue weighted by Crippen LogP contribution is 2.08. The van der Waals surface area contributed by atoms with Gasteiger partial charge in [0.15, 0.2) is 0 Å². The molecule has 11 heterocycles. The first-order valence-corrected chi connectivity index (χ1v) is 37.5. The highest BCUT2D eigenvalue weighted by Gasteiger charge is 2.16. The van der Waals surface area contributed by atoms with Crippen LogP contribution in [0.1, 0.15) is 128 Å². The Hall–Kier alpha value is -11.4. The number of rotatable bonds is 22. The maximum Gasteiger partial charge on any atom is 0.269 e. The van der Waals surface area contributed by atoms with Gasteiger partial charge < -0.3 is 67.2 Å². The molecule has 32 heteroatoms. The number of nitrogens with zero attached hydrogens (tertiary/aromatic N) is 12. The van der Waals surface area contributed by atoms with Crippen LogP contribution in [0.2, 0.25) is 0 Å². The van der Waals surface area contributed by atoms with Gasteiger partial charge in [0.2, 0.25) is 0 Å². The van der Waals surface area contributed by atoms with E-state index in [2.05, 4.69) is 91.8 Å². The van der Waals surface area contributed by atoms with E-state index < -0.39 is 5.91 Å². The minimum absolute atomic E-state index is 0.0561. The molecule has 0 radical (unpaired) electrons. The van der Waals surface area contributed by atoms with Crippen molar-refractivity contribution in [2.75, 3.05) is 173 Å². The number of aliphatic hydroxyl groups excluding tert-OH is 1. The molecule has 11 rings (SSSR count). The number of likely N-dealkylation sites (N-methyl/N-ethyl adjacent to an activating group) is 1. The number of pyridine rings is 8. The first-order valence-electron chi connectivity index (χ1n) is 37.5. The normalized spacial score (nSPS) is 12.9. The molecule has 3 saturated heterocycles. The Morgan fingerprint density at radius 2 is 0.684 bits per heavy atom. The Bertz CT molecular complexity index is 4030. The highest BCUT2D eigenvalue weighted by atomic mass is 16.5. The smallest absolute Gasteiger partial charge is 0.269 e. The van der Waals surface area contributed by atoms with Crippen LogP contribution < -0.4 is 43.0 Å². The SMILES string of the molecule is CNC(=O)c1cc(C)ccn1.CNC(=O)c1ccc(C)cn1.Cc1ccnc(C(=O)NCCN2CCOCC2)c1.Cc1ccnc(C(=O)NCCO)c1.Cc1ccnc(C(N)=O)c1.Cc1cncc(C(=O)NCCN(C)C)c1.Cc1cncc(C(=O)NCCN2CCOCC2)c1.Cc1cncc(C(=O)NCCN2CCOCC2)c1. The molecular formula is C82H114N20O12. The monoisotopic (exact) mass is 1570 g/mol. The van der Waals surface area contributed by atoms with Crippen molar-refractivity contribution in [3.05, 3.63) is 237 Å². The van der Waals surface area contributed by atoms with Crippen LogP contribution in [0, 0.1) is 55.4 Å². The van der Waals surface area contributed by atoms with Crippen molar-refractivity contribution in [1.82, 2.24) is 96.7 Å². The molecule has 0 aromatic carbocycles. The summed E-state index contributed by atoms with van der Waals surface area (Å²) in [7, 11) is 7.12. The van der Waals surface area contributed by atoms with Crippen molar-refractivity contribution in [3.63, 3.8) is 0 Å². The number of nitrogens with two attached hydrogens (primary N) is 1. The molecule has 3 aliphatic rings. The van der Waals surface area contributed by atoms with Crippen LogP contribution in [0.3, 0.4) is 0 Å². The van der Waals surface area contributed by atoms with Gasteiger partial charge in [0.25, 0.3) is 47.3 Å². The maximum atomic E-state index is 11.8. The topological polar surface area (TPSA) is 411 Å². The molecule has 614 valence electrons. The number of primary amides is 1. The number of ether oxygens (including phenoxy) is 3. The average molecular weight is 1570 g/mol. The molecule has 0 unspecified atom stereocenters. The second-order valence-corrected chi connectivity index (χ2v) is 26.5. The standard InChI is InChI=1S/3C13H19N3O2.C11H17N3O.C9H12N2O2.2C8H10N2O.C7H8N2O/c2*1-11-8-12(10-14-9-11)13(17)15-2-3-16-4-6-18-7-5-16;1-11-2-3-14-12(10-11)13(17)15-4-5-16-6-8-18-9-7-16;1-9-6-10(8-12-7-9)11(15)13-4-5-14(2)3;1-7-2-3-10-8(6-7)9(13)11-4-5-12;1-6-3-4-10-7(5-6)8(11)9-2;1-6-3-4-7(10-5-6)8(11)9-2;1-5-2-3-9-6(4-5)7(8)10/h2*8-10H,2-7H2,1H3,(H,15,17);2-3,10H,4-9H2,1H3,(H,15,17);6-8H,4-5H2,1-3H3,(H,13,15);2-3,6,12H,4-5H2,1H3,(H,11,13);2*3-5H,1-2H3,(H,9,11);2-4H,1H3,(H2,8,10). The fraction of sp³-hybridized carbons (Fsp3) is 0.415. The first-order chi connectivity index (χ1) is 54.8. The summed E-state index contributed by atoms with van der Waals surface area (Å²) in [6.07, 6.45) is 18.1. The van der Waals surface area contributed by atoms with Crippen molar-refractivity contribution in [2.24, 2.45) is 5.73 Å². The van der Waals surface area contributed by atoms with Crippen molar-refractivity contribution < 1.29 is 57.7 Å². The number of nitrogens with one attached hydrogen (secondary N) is 7. The van der Waals surface area contributed by atoms with Gasteiger partial charge in [0.1, 0.15) is 28.5 Å². The van der Waals surface area contributed by atoms with Gasteiger partial charge in [-0.05, 0) is 187 Å². The van der Waals surface area contributed by atoms with Crippen LogP contribution in [0.25, 0.3) is 0 Å². The summed E-state index contributed by atoms with van der Waals surface area (Å²) >= 11 is 0. The minimum Gasteiger partial charge on any atom is -0.395 e. The average Bonchev–Trinajstić information content (AvgIpc) is 0.912. The summed E-state index contributed by atoms with van der Waals surface area (Å²) in [6, 6.07) is 23.3. The highest BCUT2D eigenvalue weighted by molar-refractivity contribution is 5.96. The summed E-state index contributed by atoms with van der Waals surface area (Å²) in [4.78, 5) is 131. The lowest BCUT2D eigenvalue weighted by molar-refractivity contribution is 0.0382. The van der Waals surface area contributed by atoms with E-state index in [1.807, 2.05) is 123 Å². The number of aryl methyl sites for hydroxylation is 8. The number of carbonyl (C=O) groups is 8. The van der Waals surface area contributed by atoms with Crippen molar-refractivity contribution in [2.45, 2.75) is 55.4 Å². The Morgan fingerprint density at radius 3 is 0.982 bits per heavy atom. The lowest BCUT2D eigenvalue weighted by Gasteiger charge is -2.26. The van der Waals surface area contributed by atoms with Gasteiger partial charge in [0, 0.05) is 180 Å². The van der Waals surface area contributed by atoms with Gasteiger partial charge >= 0.3 is 0 Å². The Labute approximate surface area is 669 Å². The molecule has 0 spiro atoms. The number of aromatic nitrogens is 8. The third-order valence-corrected chi connectivity index (χ3v) is 16.3. The van der Waals surface area contributed by atoms with Crippen molar-refractivity contribution in [1.29, 1.82) is 0 Å². The molecular weight excluding hydrogens is 1460 g/mol. The molecule has 8 amide bonds. The number of aliphatic hydroxyl groups is 1. The molecule has 3 aliphatic heterocycles. The first kappa shape index (κ1) is 95.0. The zero-order chi connectivity index (χ0) is 83.4. The fourth-order valence-corrected chi connectivity index (χ4v) is 10.1. The van der Waals surface area contributed by atoms with Crippen molar-refractivity contribution in [3.8, 4) is 0 Å². The third-order valence-electron chi connectivity index (χ3n) is 16.3. The van der Waals surface area contributed by atoms with E-state index >= 15 is 0 Å². The van der Waals surface area contributed by atoms with Crippen molar-refractivity contribution >= 4 is 47.3 Å². The maximum absolute atomic E-state index is 11.8. The van der Waals surface area contributed by atoms with Gasteiger partial charge in [-0.2, -0.15) is 0 Å². The van der Waals surface area contributed by atoms with E-state index in [1.54, 1.807) is 113 Å². The van der Waals surface area contributed by atoms with E-state index in [1.165, 1.54) is 0 Å². The fourth-order valence-electron chi connectivity index (χ4n) is 10.1. The van der Waals surface area contributed by atoms with Gasteiger partial charge in [-0.15, -0.1) is 0 Å². The van der Waals surface area contributed by atoms with Crippen LogP contribution in [-0.2, 0) is 14.2 Å². The van der Waals surface area contributed by atoms with Crippen LogP contribution in [0.4, 0.5) is 0 Å². The number of amides is 8. The lowest BCUT2D eigenvalue weighted by Crippen LogP contribution is -2.41. The summed E-state index contributed by atoms with van der Waals surface area (Å²) < 4.78 is 15.8. The summed E-state index contributed by atoms with van der Waals surface area (Å²) in [5, 5.41) is 27.6. The number of carbonyl (C=O) groups excluding carboxylic acids is 8. The number of hydrogen-bond acceptors (Lipinski definition) is 24. The van der Waals surface area contributed by atoms with Crippen LogP contribution >= 0.6 is 0 Å². The molecule has 0 saturated carbocycles. The second-order valence-electron chi connectivity index (χ2n) is 26.5. The molecule has 8 aromatic heterocycles. The minimum atomic E-state index is -0.483. The van der Waals surface area contributed by atoms with E-state index in [0.717, 1.165) is 150 Å². The molecule has 10 N–H and O–H groups in total. The van der Waals surface area contributed by atoms with Crippen LogP contribution in [-0.4, -0.2) is 284 Å². The molecule has 0 bridgehead atoms. The van der Waals surface area contributed by atoms with E-state index in [9.17, 15) is 38.4 Å². The number of hydrogen-bond donors (Lipinski definition) is 9. The lowest BCUT2D eigenvalue weighted by atomic mass is 10.2. The van der Waals surface area contributed by atoms with Crippen LogP contribution in [0.15, 0.2) is 147 Å². The van der Waals surface area contributed by atoms with Gasteiger partial charge in [-0.25, -0.2) is 0 Å². The molecule has 0 aliphatic carbocycles. The van der Waals surface area contributed by atoms with E-state index in [0.29, 0.717) is 71.3 Å². The largest absolute Gasteiger partial charge is 0.395 e. The van der Waals surface area contributed by atoms with Crippen LogP contribution in [0.5, 0.6) is 0 Å². The molecule has 8 aromatic rings. The summed E-state index contributed by atoms with van der Waals surface area (Å²) in [6.45, 7) is 32.0.